The molecule has 0 aliphatic heterocycles. The molecule has 0 aliphatic rings. The molecule has 7 nitrogen and oxygen atoms in total. The van der Waals surface area contributed by atoms with Crippen molar-refractivity contribution in [3.8, 4) is 11.8 Å². The zero-order valence-corrected chi connectivity index (χ0v) is 17.3. The first-order valence-electron chi connectivity index (χ1n) is 10.0. The van der Waals surface area contributed by atoms with Gasteiger partial charge in [-0.15, -0.1) is 0 Å². The van der Waals surface area contributed by atoms with Crippen molar-refractivity contribution in [3.05, 3.63) is 83.7 Å². The molecule has 1 heterocycles. The van der Waals surface area contributed by atoms with Gasteiger partial charge < -0.3 is 20.1 Å². The molecule has 0 saturated carbocycles. The summed E-state index contributed by atoms with van der Waals surface area (Å²) in [5, 5.41) is 22.1. The second-order valence-corrected chi connectivity index (χ2v) is 6.97. The molecule has 4 rings (SSSR count). The number of hydrogen-bond donors (Lipinski definition) is 3. The number of aromatic nitrogens is 2. The normalized spacial score (nSPS) is 11.2. The number of fused-ring (bicyclic) bond motifs is 1. The number of carboxylic acid groups (broad SMARTS) is 1. The monoisotopic (exact) mass is 424 g/mol. The maximum Gasteiger partial charge on any atom is 0.335 e. The van der Waals surface area contributed by atoms with Gasteiger partial charge >= 0.3 is 5.97 Å². The fraction of sp³-hybridized carbons (Fsp3) is 0.0800. The molecule has 32 heavy (non-hydrogen) atoms. The number of nitrogens with one attached hydrogen (secondary N) is 2. The number of ether oxygens (including phenoxy) is 1. The Kier molecular flexibility index (Phi) is 5.86. The number of nitrogens with zero attached hydrogens (tertiary/aromatic N) is 2. The average Bonchev–Trinajstić information content (AvgIpc) is 3.23. The minimum absolute atomic E-state index is 0.192. The van der Waals surface area contributed by atoms with Gasteiger partial charge in [-0.1, -0.05) is 24.3 Å². The summed E-state index contributed by atoms with van der Waals surface area (Å²) in [6, 6.07) is 21.9. The lowest BCUT2D eigenvalue weighted by atomic mass is 10.1. The largest absolute Gasteiger partial charge is 0.492 e. The van der Waals surface area contributed by atoms with Crippen LogP contribution in [0.5, 0.6) is 5.75 Å². The summed E-state index contributed by atoms with van der Waals surface area (Å²) in [6.45, 7) is 2.33. The third kappa shape index (κ3) is 4.45. The molecule has 4 aromatic rings. The van der Waals surface area contributed by atoms with E-state index < -0.39 is 5.97 Å². The fourth-order valence-corrected chi connectivity index (χ4v) is 3.29. The lowest BCUT2D eigenvalue weighted by molar-refractivity contribution is 0.0697. The minimum atomic E-state index is -0.992. The number of carbonyl (C=O) groups is 1. The van der Waals surface area contributed by atoms with Crippen molar-refractivity contribution in [1.29, 1.82) is 5.26 Å². The van der Waals surface area contributed by atoms with Crippen LogP contribution < -0.4 is 10.1 Å². The van der Waals surface area contributed by atoms with Crippen LogP contribution in [0.4, 0.5) is 11.4 Å². The number of rotatable bonds is 7. The molecule has 0 bridgehead atoms. The lowest BCUT2D eigenvalue weighted by Crippen LogP contribution is -2.00. The summed E-state index contributed by atoms with van der Waals surface area (Å²) in [6.07, 6.45) is 1.75. The third-order valence-electron chi connectivity index (χ3n) is 4.77. The Balaban J connectivity index is 1.66. The number of carboxylic acids is 1. The number of para-hydroxylation sites is 2. The maximum atomic E-state index is 11.2. The highest BCUT2D eigenvalue weighted by molar-refractivity contribution is 5.91. The highest BCUT2D eigenvalue weighted by atomic mass is 16.5. The highest BCUT2D eigenvalue weighted by Gasteiger charge is 2.11. The van der Waals surface area contributed by atoms with Gasteiger partial charge in [0, 0.05) is 5.69 Å². The van der Waals surface area contributed by atoms with E-state index >= 15 is 0 Å². The quantitative estimate of drug-likeness (QED) is 0.339. The van der Waals surface area contributed by atoms with Crippen molar-refractivity contribution >= 4 is 40.0 Å². The molecule has 158 valence electrons. The summed E-state index contributed by atoms with van der Waals surface area (Å²) in [5.74, 6) is 0.0945. The Labute approximate surface area is 184 Å². The first kappa shape index (κ1) is 20.7. The molecular weight excluding hydrogens is 404 g/mol. The van der Waals surface area contributed by atoms with Gasteiger partial charge in [-0.3, -0.25) is 0 Å². The van der Waals surface area contributed by atoms with E-state index in [0.717, 1.165) is 16.6 Å². The summed E-state index contributed by atoms with van der Waals surface area (Å²) in [5.41, 5.74) is 4.34. The molecule has 7 heteroatoms. The van der Waals surface area contributed by atoms with E-state index in [2.05, 4.69) is 21.4 Å². The predicted octanol–water partition coefficient (Wildman–Crippen LogP) is 5.47. The van der Waals surface area contributed by atoms with Gasteiger partial charge in [0.25, 0.3) is 0 Å². The van der Waals surface area contributed by atoms with Gasteiger partial charge in [0.2, 0.25) is 0 Å². The Hall–Kier alpha value is -4.57. The van der Waals surface area contributed by atoms with Crippen LogP contribution in [0.3, 0.4) is 0 Å². The number of anilines is 2. The first-order valence-corrected chi connectivity index (χ1v) is 10.0. The van der Waals surface area contributed by atoms with Crippen molar-refractivity contribution in [2.75, 3.05) is 11.9 Å². The Bertz CT molecular complexity index is 1330. The summed E-state index contributed by atoms with van der Waals surface area (Å²) < 4.78 is 5.78. The first-order chi connectivity index (χ1) is 15.6. The fourth-order valence-electron chi connectivity index (χ4n) is 3.29. The lowest BCUT2D eigenvalue weighted by Gasteiger charge is -2.14. The number of aromatic amines is 1. The van der Waals surface area contributed by atoms with E-state index in [-0.39, 0.29) is 5.56 Å². The molecule has 0 spiro atoms. The van der Waals surface area contributed by atoms with Crippen LogP contribution in [0, 0.1) is 11.3 Å². The zero-order valence-electron chi connectivity index (χ0n) is 17.3. The number of nitriles is 1. The van der Waals surface area contributed by atoms with Gasteiger partial charge in [0.1, 0.15) is 17.6 Å². The van der Waals surface area contributed by atoms with Crippen molar-refractivity contribution < 1.29 is 14.6 Å². The topological polar surface area (TPSA) is 111 Å². The van der Waals surface area contributed by atoms with Gasteiger partial charge in [-0.25, -0.2) is 9.78 Å². The number of aromatic carboxylic acids is 1. The van der Waals surface area contributed by atoms with Crippen LogP contribution in [0.15, 0.2) is 66.7 Å². The Morgan fingerprint density at radius 2 is 2.03 bits per heavy atom. The average molecular weight is 424 g/mol. The number of H-pyrrole nitrogens is 1. The third-order valence-corrected chi connectivity index (χ3v) is 4.77. The molecule has 3 aromatic carbocycles. The molecule has 0 unspecified atom stereocenters. The van der Waals surface area contributed by atoms with E-state index in [1.165, 1.54) is 6.07 Å². The maximum absolute atomic E-state index is 11.2. The van der Waals surface area contributed by atoms with Crippen molar-refractivity contribution in [1.82, 2.24) is 9.97 Å². The van der Waals surface area contributed by atoms with Crippen molar-refractivity contribution in [3.63, 3.8) is 0 Å². The predicted molar refractivity (Wildman–Crippen MR) is 124 cm³/mol. The molecule has 0 fully saturated rings. The number of allylic oxidation sites excluding steroid dienone is 1. The molecular formula is C25H20N4O3. The van der Waals surface area contributed by atoms with E-state index in [1.807, 2.05) is 49.4 Å². The molecule has 3 N–H and O–H groups in total. The highest BCUT2D eigenvalue weighted by Crippen LogP contribution is 2.31. The zero-order chi connectivity index (χ0) is 22.5. The van der Waals surface area contributed by atoms with E-state index in [0.29, 0.717) is 35.1 Å². The van der Waals surface area contributed by atoms with Crippen LogP contribution in [0.2, 0.25) is 0 Å². The van der Waals surface area contributed by atoms with E-state index in [1.54, 1.807) is 24.3 Å². The molecule has 1 aromatic heterocycles. The van der Waals surface area contributed by atoms with Gasteiger partial charge in [0.15, 0.2) is 0 Å². The van der Waals surface area contributed by atoms with Crippen molar-refractivity contribution in [2.24, 2.45) is 0 Å². The van der Waals surface area contributed by atoms with E-state index in [4.69, 9.17) is 4.74 Å². The van der Waals surface area contributed by atoms with Crippen LogP contribution in [-0.4, -0.2) is 27.7 Å². The molecule has 0 radical (unpaired) electrons. The smallest absolute Gasteiger partial charge is 0.335 e. The minimum Gasteiger partial charge on any atom is -0.492 e. The molecule has 0 amide bonds. The molecule has 0 saturated heterocycles. The molecule has 0 aliphatic carbocycles. The second-order valence-electron chi connectivity index (χ2n) is 6.97. The number of benzene rings is 3. The van der Waals surface area contributed by atoms with Gasteiger partial charge in [0.05, 0.1) is 34.5 Å². The van der Waals surface area contributed by atoms with Crippen LogP contribution in [0.1, 0.15) is 28.7 Å². The van der Waals surface area contributed by atoms with Gasteiger partial charge in [-0.05, 0) is 61.0 Å². The van der Waals surface area contributed by atoms with Crippen LogP contribution >= 0.6 is 0 Å². The number of imidazole rings is 1. The van der Waals surface area contributed by atoms with Crippen molar-refractivity contribution in [2.45, 2.75) is 6.92 Å². The Morgan fingerprint density at radius 1 is 1.19 bits per heavy atom. The second kappa shape index (κ2) is 9.06. The SMILES string of the molecule is CCOc1cc(/C=C(\C#N)c2nc3ccccc3[nH]2)ccc1Nc1cccc(C(=O)O)c1. The summed E-state index contributed by atoms with van der Waals surface area (Å²) >= 11 is 0. The summed E-state index contributed by atoms with van der Waals surface area (Å²) in [7, 11) is 0. The number of hydrogen-bond acceptors (Lipinski definition) is 5. The summed E-state index contributed by atoms with van der Waals surface area (Å²) in [4.78, 5) is 18.9. The van der Waals surface area contributed by atoms with Gasteiger partial charge in [-0.2, -0.15) is 5.26 Å². The van der Waals surface area contributed by atoms with Crippen LogP contribution in [0.25, 0.3) is 22.7 Å². The Morgan fingerprint density at radius 3 is 2.78 bits per heavy atom. The van der Waals surface area contributed by atoms with Crippen LogP contribution in [-0.2, 0) is 0 Å². The molecule has 0 atom stereocenters. The standard InChI is InChI=1S/C25H20N4O3/c1-2-32-23-13-16(10-11-22(23)27-19-7-5-6-17(14-19)25(30)31)12-18(15-26)24-28-20-8-3-4-9-21(20)29-24/h3-14,27H,2H2,1H3,(H,28,29)(H,30,31)/b18-12+. The van der Waals surface area contributed by atoms with E-state index in [9.17, 15) is 15.2 Å².